The van der Waals surface area contributed by atoms with Crippen molar-refractivity contribution >= 4 is 23.2 Å². The Balaban J connectivity index is 1.87. The number of carbonyl (C=O) groups excluding carboxylic acids is 2. The third kappa shape index (κ3) is 5.23. The lowest BCUT2D eigenvalue weighted by atomic mass is 9.86. The largest absolute Gasteiger partial charge is 0.376 e. The molecule has 3 N–H and O–H groups in total. The molecule has 1 aliphatic carbocycles. The molecular formula is C17H24FN3O2. The van der Waals surface area contributed by atoms with E-state index in [0.717, 1.165) is 19.3 Å². The van der Waals surface area contributed by atoms with Crippen molar-refractivity contribution in [3.05, 3.63) is 24.0 Å². The summed E-state index contributed by atoms with van der Waals surface area (Å²) in [4.78, 5) is 23.1. The van der Waals surface area contributed by atoms with E-state index in [1.165, 1.54) is 31.5 Å². The summed E-state index contributed by atoms with van der Waals surface area (Å²) in [5, 5.41) is 8.43. The highest BCUT2D eigenvalue weighted by molar-refractivity contribution is 5.89. The van der Waals surface area contributed by atoms with Crippen molar-refractivity contribution in [2.75, 3.05) is 17.2 Å². The van der Waals surface area contributed by atoms with Gasteiger partial charge in [0.05, 0.1) is 12.2 Å². The van der Waals surface area contributed by atoms with Crippen LogP contribution in [0.2, 0.25) is 0 Å². The Morgan fingerprint density at radius 1 is 1.26 bits per heavy atom. The van der Waals surface area contributed by atoms with E-state index in [1.54, 1.807) is 0 Å². The molecule has 0 unspecified atom stereocenters. The number of hydrogen-bond donors (Lipinski definition) is 3. The normalized spacial score (nSPS) is 20.7. The van der Waals surface area contributed by atoms with Crippen LogP contribution in [0.25, 0.3) is 0 Å². The molecule has 1 saturated carbocycles. The second-order valence-corrected chi connectivity index (χ2v) is 6.17. The molecule has 1 aromatic carbocycles. The van der Waals surface area contributed by atoms with Crippen LogP contribution in [0.5, 0.6) is 0 Å². The molecule has 1 fully saturated rings. The molecule has 2 atom stereocenters. The van der Waals surface area contributed by atoms with Crippen LogP contribution in [0.4, 0.5) is 15.8 Å². The van der Waals surface area contributed by atoms with Crippen molar-refractivity contribution in [2.24, 2.45) is 5.92 Å². The number of rotatable bonds is 5. The lowest BCUT2D eigenvalue weighted by Crippen LogP contribution is -2.43. The van der Waals surface area contributed by atoms with Gasteiger partial charge in [-0.25, -0.2) is 4.39 Å². The van der Waals surface area contributed by atoms with Gasteiger partial charge in [0, 0.05) is 18.7 Å². The van der Waals surface area contributed by atoms with E-state index in [0.29, 0.717) is 11.6 Å². The summed E-state index contributed by atoms with van der Waals surface area (Å²) in [6.45, 7) is 3.60. The van der Waals surface area contributed by atoms with Gasteiger partial charge < -0.3 is 16.0 Å². The SMILES string of the molecule is CC(=O)Nc1cc(NCC(=O)N[C@H]2CCCC[C@@H]2C)ccc1F. The second kappa shape index (κ2) is 7.94. The van der Waals surface area contributed by atoms with Crippen molar-refractivity contribution in [2.45, 2.75) is 45.6 Å². The first-order valence-electron chi connectivity index (χ1n) is 8.06. The summed E-state index contributed by atoms with van der Waals surface area (Å²) >= 11 is 0. The van der Waals surface area contributed by atoms with Crippen molar-refractivity contribution in [3.63, 3.8) is 0 Å². The Morgan fingerprint density at radius 3 is 2.70 bits per heavy atom. The zero-order valence-corrected chi connectivity index (χ0v) is 13.6. The van der Waals surface area contributed by atoms with Gasteiger partial charge in [0.1, 0.15) is 5.82 Å². The molecule has 0 heterocycles. The first-order valence-corrected chi connectivity index (χ1v) is 8.06. The highest BCUT2D eigenvalue weighted by atomic mass is 19.1. The third-order valence-corrected chi connectivity index (χ3v) is 4.19. The van der Waals surface area contributed by atoms with Gasteiger partial charge in [0.25, 0.3) is 0 Å². The van der Waals surface area contributed by atoms with E-state index in [9.17, 15) is 14.0 Å². The van der Waals surface area contributed by atoms with Crippen molar-refractivity contribution in [1.82, 2.24) is 5.32 Å². The minimum atomic E-state index is -0.508. The van der Waals surface area contributed by atoms with Crippen LogP contribution in [0.1, 0.15) is 39.5 Å². The number of amides is 2. The van der Waals surface area contributed by atoms with Crippen LogP contribution in [0, 0.1) is 11.7 Å². The van der Waals surface area contributed by atoms with Gasteiger partial charge in [-0.1, -0.05) is 19.8 Å². The fourth-order valence-electron chi connectivity index (χ4n) is 2.89. The number of anilines is 2. The van der Waals surface area contributed by atoms with E-state index in [1.807, 2.05) is 0 Å². The van der Waals surface area contributed by atoms with Gasteiger partial charge in [-0.2, -0.15) is 0 Å². The number of carbonyl (C=O) groups is 2. The molecule has 2 amide bonds. The fraction of sp³-hybridized carbons (Fsp3) is 0.529. The second-order valence-electron chi connectivity index (χ2n) is 6.17. The summed E-state index contributed by atoms with van der Waals surface area (Å²) in [6.07, 6.45) is 4.56. The summed E-state index contributed by atoms with van der Waals surface area (Å²) in [5.74, 6) is -0.421. The molecule has 0 aliphatic heterocycles. The molecule has 0 aromatic heterocycles. The molecule has 0 radical (unpaired) electrons. The first-order chi connectivity index (χ1) is 11.0. The van der Waals surface area contributed by atoms with E-state index in [4.69, 9.17) is 0 Å². The van der Waals surface area contributed by atoms with Crippen LogP contribution < -0.4 is 16.0 Å². The van der Waals surface area contributed by atoms with Crippen LogP contribution in [0.3, 0.4) is 0 Å². The Hall–Kier alpha value is -2.11. The van der Waals surface area contributed by atoms with Crippen LogP contribution in [-0.4, -0.2) is 24.4 Å². The van der Waals surface area contributed by atoms with E-state index < -0.39 is 5.82 Å². The zero-order chi connectivity index (χ0) is 16.8. The van der Waals surface area contributed by atoms with Crippen molar-refractivity contribution < 1.29 is 14.0 Å². The topological polar surface area (TPSA) is 70.2 Å². The average molecular weight is 321 g/mol. The summed E-state index contributed by atoms with van der Waals surface area (Å²) in [6, 6.07) is 4.51. The van der Waals surface area contributed by atoms with E-state index in [2.05, 4.69) is 22.9 Å². The maximum Gasteiger partial charge on any atom is 0.239 e. The minimum Gasteiger partial charge on any atom is -0.376 e. The monoisotopic (exact) mass is 321 g/mol. The lowest BCUT2D eigenvalue weighted by molar-refractivity contribution is -0.120. The van der Waals surface area contributed by atoms with Gasteiger partial charge in [-0.05, 0) is 37.0 Å². The molecule has 6 heteroatoms. The van der Waals surface area contributed by atoms with Gasteiger partial charge in [0.2, 0.25) is 11.8 Å². The molecule has 1 aliphatic rings. The smallest absolute Gasteiger partial charge is 0.239 e. The Bertz CT molecular complexity index is 577. The highest BCUT2D eigenvalue weighted by Gasteiger charge is 2.22. The standard InChI is InChI=1S/C17H24FN3O2/c1-11-5-3-4-6-15(11)21-17(23)10-19-13-7-8-14(18)16(9-13)20-12(2)22/h7-9,11,15,19H,3-6,10H2,1-2H3,(H,20,22)(H,21,23)/t11-,15-/m0/s1. The third-order valence-electron chi connectivity index (χ3n) is 4.19. The number of benzene rings is 1. The Labute approximate surface area is 136 Å². The molecule has 23 heavy (non-hydrogen) atoms. The zero-order valence-electron chi connectivity index (χ0n) is 13.6. The van der Waals surface area contributed by atoms with Crippen molar-refractivity contribution in [3.8, 4) is 0 Å². The fourth-order valence-corrected chi connectivity index (χ4v) is 2.89. The summed E-state index contributed by atoms with van der Waals surface area (Å²) in [5.41, 5.74) is 0.686. The van der Waals surface area contributed by atoms with Crippen LogP contribution in [-0.2, 0) is 9.59 Å². The molecule has 5 nitrogen and oxygen atoms in total. The molecule has 0 spiro atoms. The van der Waals surface area contributed by atoms with E-state index >= 15 is 0 Å². The first kappa shape index (κ1) is 17.2. The molecular weight excluding hydrogens is 297 g/mol. The number of nitrogens with one attached hydrogen (secondary N) is 3. The predicted octanol–water partition coefficient (Wildman–Crippen LogP) is 2.89. The number of halogens is 1. The predicted molar refractivity (Wildman–Crippen MR) is 88.8 cm³/mol. The summed E-state index contributed by atoms with van der Waals surface area (Å²) in [7, 11) is 0. The molecule has 1 aromatic rings. The molecule has 126 valence electrons. The van der Waals surface area contributed by atoms with Gasteiger partial charge in [0.15, 0.2) is 0 Å². The average Bonchev–Trinajstić information content (AvgIpc) is 2.50. The highest BCUT2D eigenvalue weighted by Crippen LogP contribution is 2.23. The minimum absolute atomic E-state index is 0.0749. The van der Waals surface area contributed by atoms with Crippen LogP contribution >= 0.6 is 0 Å². The quantitative estimate of drug-likeness (QED) is 0.781. The van der Waals surface area contributed by atoms with Gasteiger partial charge >= 0.3 is 0 Å². The van der Waals surface area contributed by atoms with Gasteiger partial charge in [-0.3, -0.25) is 9.59 Å². The lowest BCUT2D eigenvalue weighted by Gasteiger charge is -2.29. The Kier molecular flexibility index (Phi) is 5.96. The summed E-state index contributed by atoms with van der Waals surface area (Å²) < 4.78 is 13.6. The molecule has 2 rings (SSSR count). The Morgan fingerprint density at radius 2 is 2.00 bits per heavy atom. The number of hydrogen-bond acceptors (Lipinski definition) is 3. The molecule has 0 saturated heterocycles. The van der Waals surface area contributed by atoms with Crippen LogP contribution in [0.15, 0.2) is 18.2 Å². The van der Waals surface area contributed by atoms with E-state index in [-0.39, 0.29) is 30.1 Å². The maximum atomic E-state index is 13.6. The van der Waals surface area contributed by atoms with Crippen molar-refractivity contribution in [1.29, 1.82) is 0 Å². The van der Waals surface area contributed by atoms with Gasteiger partial charge in [-0.15, -0.1) is 0 Å². The maximum absolute atomic E-state index is 13.6. The molecule has 0 bridgehead atoms.